The number of ether oxygens (including phenoxy) is 1. The SMILES string of the molecule is COc1ccc(C(=O)N/N=C2\CCCc3oc(C(=O)NC4CC(C)(C)NC(C)(C)C4)c(C)c32)cc1. The van der Waals surface area contributed by atoms with Crippen LogP contribution in [0.2, 0.25) is 0 Å². The Bertz CT molecular complexity index is 1130. The van der Waals surface area contributed by atoms with Crippen molar-refractivity contribution in [2.75, 3.05) is 7.11 Å². The number of carbonyl (C=O) groups is 2. The van der Waals surface area contributed by atoms with E-state index in [0.29, 0.717) is 23.5 Å². The maximum Gasteiger partial charge on any atom is 0.287 e. The summed E-state index contributed by atoms with van der Waals surface area (Å²) in [6.45, 7) is 10.5. The van der Waals surface area contributed by atoms with Crippen molar-refractivity contribution in [3.05, 3.63) is 52.5 Å². The number of rotatable bonds is 5. The number of aryl methyl sites for hydroxylation is 1. The first-order chi connectivity index (χ1) is 16.5. The number of carbonyl (C=O) groups excluding carboxylic acids is 2. The minimum atomic E-state index is -0.303. The number of hydrogen-bond donors (Lipinski definition) is 3. The Balaban J connectivity index is 1.51. The summed E-state index contributed by atoms with van der Waals surface area (Å²) in [7, 11) is 1.58. The number of furan rings is 1. The molecule has 4 rings (SSSR count). The molecule has 1 aliphatic heterocycles. The van der Waals surface area contributed by atoms with Crippen LogP contribution in [0.3, 0.4) is 0 Å². The topological polar surface area (TPSA) is 105 Å². The molecule has 0 atom stereocenters. The summed E-state index contributed by atoms with van der Waals surface area (Å²) in [5.74, 6) is 1.27. The largest absolute Gasteiger partial charge is 0.497 e. The number of amides is 2. The first kappa shape index (κ1) is 25.0. The van der Waals surface area contributed by atoms with Crippen LogP contribution in [0.25, 0.3) is 0 Å². The molecule has 3 N–H and O–H groups in total. The molecular formula is C27H36N4O4. The first-order valence-corrected chi connectivity index (χ1v) is 12.2. The molecule has 8 nitrogen and oxygen atoms in total. The monoisotopic (exact) mass is 480 g/mol. The maximum atomic E-state index is 13.2. The lowest BCUT2D eigenvalue weighted by Gasteiger charge is -2.46. The molecule has 1 aromatic carbocycles. The lowest BCUT2D eigenvalue weighted by atomic mass is 9.79. The van der Waals surface area contributed by atoms with Crippen LogP contribution in [-0.4, -0.2) is 41.8 Å². The molecule has 0 spiro atoms. The van der Waals surface area contributed by atoms with Gasteiger partial charge in [0.05, 0.1) is 12.8 Å². The fourth-order valence-corrected chi connectivity index (χ4v) is 5.60. The van der Waals surface area contributed by atoms with Gasteiger partial charge in [-0.25, -0.2) is 5.43 Å². The molecule has 1 saturated heterocycles. The van der Waals surface area contributed by atoms with Gasteiger partial charge >= 0.3 is 0 Å². The normalized spacial score (nSPS) is 20.2. The molecule has 2 amide bonds. The number of methoxy groups -OCH3 is 1. The van der Waals surface area contributed by atoms with Crippen molar-refractivity contribution >= 4 is 17.5 Å². The van der Waals surface area contributed by atoms with E-state index in [2.05, 4.69) is 48.9 Å². The van der Waals surface area contributed by atoms with Crippen molar-refractivity contribution in [3.63, 3.8) is 0 Å². The fraction of sp³-hybridized carbons (Fsp3) is 0.519. The number of nitrogens with zero attached hydrogens (tertiary/aromatic N) is 1. The number of fused-ring (bicyclic) bond motifs is 1. The molecule has 0 radical (unpaired) electrons. The average Bonchev–Trinajstić information content (AvgIpc) is 3.12. The summed E-state index contributed by atoms with van der Waals surface area (Å²) in [5, 5.41) is 11.3. The Kier molecular flexibility index (Phi) is 6.77. The lowest BCUT2D eigenvalue weighted by molar-refractivity contribution is 0.0842. The fourth-order valence-electron chi connectivity index (χ4n) is 5.60. The van der Waals surface area contributed by atoms with Crippen molar-refractivity contribution in [1.29, 1.82) is 0 Å². The Morgan fingerprint density at radius 2 is 1.71 bits per heavy atom. The predicted molar refractivity (Wildman–Crippen MR) is 135 cm³/mol. The summed E-state index contributed by atoms with van der Waals surface area (Å²) < 4.78 is 11.2. The highest BCUT2D eigenvalue weighted by Crippen LogP contribution is 2.32. The van der Waals surface area contributed by atoms with Crippen LogP contribution in [0.1, 0.15) is 91.2 Å². The van der Waals surface area contributed by atoms with Crippen LogP contribution in [0.4, 0.5) is 0 Å². The molecular weight excluding hydrogens is 444 g/mol. The van der Waals surface area contributed by atoms with Crippen molar-refractivity contribution in [2.45, 2.75) is 83.8 Å². The number of hydrazone groups is 1. The van der Waals surface area contributed by atoms with Gasteiger partial charge in [-0.2, -0.15) is 5.10 Å². The second kappa shape index (κ2) is 9.49. The van der Waals surface area contributed by atoms with Gasteiger partial charge in [-0.3, -0.25) is 9.59 Å². The van der Waals surface area contributed by atoms with E-state index in [1.807, 2.05) is 6.92 Å². The molecule has 0 saturated carbocycles. The first-order valence-electron chi connectivity index (χ1n) is 12.2. The maximum absolute atomic E-state index is 13.2. The molecule has 8 heteroatoms. The van der Waals surface area contributed by atoms with E-state index in [1.165, 1.54) is 0 Å². The number of piperidine rings is 1. The van der Waals surface area contributed by atoms with E-state index >= 15 is 0 Å². The Morgan fingerprint density at radius 1 is 1.06 bits per heavy atom. The van der Waals surface area contributed by atoms with Gasteiger partial charge in [0, 0.05) is 40.2 Å². The van der Waals surface area contributed by atoms with Crippen molar-refractivity contribution < 1.29 is 18.7 Å². The molecule has 188 valence electrons. The average molecular weight is 481 g/mol. The number of benzene rings is 1. The molecule has 1 fully saturated rings. The van der Waals surface area contributed by atoms with Crippen molar-refractivity contribution in [3.8, 4) is 5.75 Å². The van der Waals surface area contributed by atoms with E-state index in [1.54, 1.807) is 31.4 Å². The Hall–Kier alpha value is -3.13. The van der Waals surface area contributed by atoms with Gasteiger partial charge in [0.2, 0.25) is 0 Å². The molecule has 2 aliphatic rings. The summed E-state index contributed by atoms with van der Waals surface area (Å²) in [6, 6.07) is 6.89. The highest BCUT2D eigenvalue weighted by Gasteiger charge is 2.39. The summed E-state index contributed by atoms with van der Waals surface area (Å²) >= 11 is 0. The van der Waals surface area contributed by atoms with Gasteiger partial charge in [-0.15, -0.1) is 0 Å². The van der Waals surface area contributed by atoms with E-state index in [9.17, 15) is 9.59 Å². The molecule has 1 aromatic heterocycles. The highest BCUT2D eigenvalue weighted by atomic mass is 16.5. The number of hydrogen-bond acceptors (Lipinski definition) is 6. The zero-order chi connectivity index (χ0) is 25.4. The van der Waals surface area contributed by atoms with E-state index in [-0.39, 0.29) is 28.9 Å². The standard InChI is InChI=1S/C27H36N4O4/c1-16-22-20(29-30-24(32)17-10-12-19(34-6)13-11-17)8-7-9-21(22)35-23(16)25(33)28-18-14-26(2,3)31-27(4,5)15-18/h10-13,18,31H,7-9,14-15H2,1-6H3,(H,28,33)(H,30,32)/b29-20+. The summed E-state index contributed by atoms with van der Waals surface area (Å²) in [5.41, 5.74) is 5.34. The van der Waals surface area contributed by atoms with Crippen LogP contribution in [0.5, 0.6) is 5.75 Å². The molecule has 2 heterocycles. The van der Waals surface area contributed by atoms with Gasteiger partial charge in [0.1, 0.15) is 11.5 Å². The number of nitrogens with one attached hydrogen (secondary N) is 3. The third-order valence-corrected chi connectivity index (χ3v) is 6.70. The van der Waals surface area contributed by atoms with Gasteiger partial charge in [0.25, 0.3) is 11.8 Å². The Morgan fingerprint density at radius 3 is 2.34 bits per heavy atom. The Labute approximate surface area is 206 Å². The van der Waals surface area contributed by atoms with E-state index < -0.39 is 0 Å². The van der Waals surface area contributed by atoms with Gasteiger partial charge < -0.3 is 19.8 Å². The summed E-state index contributed by atoms with van der Waals surface area (Å²) in [4.78, 5) is 25.8. The smallest absolute Gasteiger partial charge is 0.287 e. The third kappa shape index (κ3) is 5.59. The molecule has 0 unspecified atom stereocenters. The zero-order valence-corrected chi connectivity index (χ0v) is 21.5. The van der Waals surface area contributed by atoms with Crippen LogP contribution >= 0.6 is 0 Å². The second-order valence-electron chi connectivity index (χ2n) is 10.9. The highest BCUT2D eigenvalue weighted by molar-refractivity contribution is 6.07. The van der Waals surface area contributed by atoms with Gasteiger partial charge in [-0.1, -0.05) is 0 Å². The van der Waals surface area contributed by atoms with Crippen molar-refractivity contribution in [1.82, 2.24) is 16.1 Å². The second-order valence-corrected chi connectivity index (χ2v) is 10.9. The van der Waals surface area contributed by atoms with Gasteiger partial charge in [0.15, 0.2) is 5.76 Å². The zero-order valence-electron chi connectivity index (χ0n) is 21.5. The molecule has 1 aliphatic carbocycles. The molecule has 35 heavy (non-hydrogen) atoms. The summed E-state index contributed by atoms with van der Waals surface area (Å²) in [6.07, 6.45) is 3.96. The van der Waals surface area contributed by atoms with Crippen LogP contribution in [-0.2, 0) is 6.42 Å². The predicted octanol–water partition coefficient (Wildman–Crippen LogP) is 4.11. The van der Waals surface area contributed by atoms with Crippen LogP contribution in [0, 0.1) is 6.92 Å². The lowest BCUT2D eigenvalue weighted by Crippen LogP contribution is -2.62. The minimum Gasteiger partial charge on any atom is -0.497 e. The molecule has 0 bridgehead atoms. The van der Waals surface area contributed by atoms with Crippen molar-refractivity contribution in [2.24, 2.45) is 5.10 Å². The molecule has 2 aromatic rings. The quantitative estimate of drug-likeness (QED) is 0.559. The van der Waals surface area contributed by atoms with E-state index in [0.717, 1.165) is 48.3 Å². The van der Waals surface area contributed by atoms with E-state index in [4.69, 9.17) is 9.15 Å². The van der Waals surface area contributed by atoms with Crippen LogP contribution < -0.4 is 20.8 Å². The third-order valence-electron chi connectivity index (χ3n) is 6.70. The minimum absolute atomic E-state index is 0.0483. The van der Waals surface area contributed by atoms with Gasteiger partial charge in [-0.05, 0) is 84.6 Å². The van der Waals surface area contributed by atoms with Crippen LogP contribution in [0.15, 0.2) is 33.8 Å².